The van der Waals surface area contributed by atoms with E-state index in [2.05, 4.69) is 35.3 Å². The number of hydrazine groups is 1. The number of hydrogen-bond donors (Lipinski definition) is 4. The van der Waals surface area contributed by atoms with E-state index in [9.17, 15) is 5.11 Å². The predicted molar refractivity (Wildman–Crippen MR) is 132 cm³/mol. The fraction of sp³-hybridized carbons (Fsp3) is 0.364. The van der Waals surface area contributed by atoms with Gasteiger partial charge in [0.15, 0.2) is 0 Å². The van der Waals surface area contributed by atoms with Crippen LogP contribution in [-0.2, 0) is 6.54 Å². The Balaban J connectivity index is 1.77. The molecular weight excluding hydrogens is 466 g/mol. The molecule has 0 aliphatic carbocycles. The van der Waals surface area contributed by atoms with Crippen molar-refractivity contribution >= 4 is 6.34 Å². The molecule has 3 unspecified atom stereocenters. The quantitative estimate of drug-likeness (QED) is 0.107. The maximum atomic E-state index is 9.66. The molecule has 5 N–H and O–H groups in total. The summed E-state index contributed by atoms with van der Waals surface area (Å²) in [5, 5.41) is 30.5. The number of aliphatic hydroxyl groups excluding tert-OH is 2. The van der Waals surface area contributed by atoms with E-state index in [1.54, 1.807) is 30.7 Å². The van der Waals surface area contributed by atoms with Gasteiger partial charge in [0.05, 0.1) is 19.5 Å². The van der Waals surface area contributed by atoms with E-state index in [0.717, 1.165) is 11.1 Å². The van der Waals surface area contributed by atoms with E-state index >= 15 is 0 Å². The number of rotatable bonds is 13. The molecule has 1 aliphatic heterocycles. The van der Waals surface area contributed by atoms with Gasteiger partial charge in [-0.05, 0) is 40.4 Å². The molecule has 3 rings (SSSR count). The number of nitrogens with one attached hydrogen (secondary N) is 1. The zero-order valence-electron chi connectivity index (χ0n) is 19.4. The number of aliphatic imine (C=N–C) groups is 1. The molecule has 1 aromatic carbocycles. The van der Waals surface area contributed by atoms with Crippen LogP contribution < -0.4 is 15.9 Å². The Labute approximate surface area is 207 Å². The molecule has 0 saturated heterocycles. The van der Waals surface area contributed by atoms with Gasteiger partial charge < -0.3 is 20.3 Å². The predicted octanol–water partition coefficient (Wildman–Crippen LogP) is 2.41. The summed E-state index contributed by atoms with van der Waals surface area (Å²) in [6, 6.07) is 10.5. The zero-order chi connectivity index (χ0) is 25.8. The topological polar surface area (TPSA) is 214 Å². The van der Waals surface area contributed by atoms with Crippen molar-refractivity contribution in [1.29, 1.82) is 0 Å². The lowest BCUT2D eigenvalue weighted by molar-refractivity contribution is 0.0531. The highest BCUT2D eigenvalue weighted by atomic mass is 16.5. The third-order valence-electron chi connectivity index (χ3n) is 5.34. The summed E-state index contributed by atoms with van der Waals surface area (Å²) in [6.45, 7) is 0.0456. The number of aromatic nitrogens is 1. The van der Waals surface area contributed by atoms with Crippen molar-refractivity contribution in [2.75, 3.05) is 26.3 Å². The second-order valence-corrected chi connectivity index (χ2v) is 7.84. The lowest BCUT2D eigenvalue weighted by Gasteiger charge is -2.29. The molecule has 36 heavy (non-hydrogen) atoms. The Bertz CT molecular complexity index is 1160. The first-order valence-corrected chi connectivity index (χ1v) is 11.0. The van der Waals surface area contributed by atoms with Gasteiger partial charge in [-0.25, -0.2) is 5.84 Å². The number of nitrogens with two attached hydrogens (primary N) is 1. The van der Waals surface area contributed by atoms with Crippen LogP contribution in [0.15, 0.2) is 69.7 Å². The molecule has 0 saturated carbocycles. The molecule has 1 aromatic heterocycles. The normalized spacial score (nSPS) is 16.0. The van der Waals surface area contributed by atoms with Gasteiger partial charge in [0.25, 0.3) is 0 Å². The van der Waals surface area contributed by atoms with Crippen LogP contribution in [-0.4, -0.2) is 59.0 Å². The van der Waals surface area contributed by atoms with Crippen LogP contribution in [0.25, 0.3) is 20.9 Å². The summed E-state index contributed by atoms with van der Waals surface area (Å²) < 4.78 is 5.70. The summed E-state index contributed by atoms with van der Waals surface area (Å²) in [5.74, 6) is 7.15. The number of pyridine rings is 1. The number of benzene rings is 1. The zero-order valence-corrected chi connectivity index (χ0v) is 19.4. The minimum absolute atomic E-state index is 0.0887. The number of aliphatic hydroxyl groups is 2. The van der Waals surface area contributed by atoms with Crippen molar-refractivity contribution < 1.29 is 14.9 Å². The van der Waals surface area contributed by atoms with Crippen molar-refractivity contribution in [3.63, 3.8) is 0 Å². The number of azide groups is 2. The molecular formula is C22H27N11O3. The van der Waals surface area contributed by atoms with Gasteiger partial charge in [-0.3, -0.25) is 15.0 Å². The summed E-state index contributed by atoms with van der Waals surface area (Å²) in [4.78, 5) is 14.3. The van der Waals surface area contributed by atoms with Crippen LogP contribution >= 0.6 is 0 Å². The lowest BCUT2D eigenvalue weighted by atomic mass is 9.97. The molecule has 14 nitrogen and oxygen atoms in total. The minimum Gasteiger partial charge on any atom is -0.491 e. The van der Waals surface area contributed by atoms with Gasteiger partial charge in [0.2, 0.25) is 0 Å². The third kappa shape index (κ3) is 7.34. The summed E-state index contributed by atoms with van der Waals surface area (Å²) in [5.41, 5.74) is 19.6. The Morgan fingerprint density at radius 2 is 2.00 bits per heavy atom. The van der Waals surface area contributed by atoms with Crippen LogP contribution in [0.3, 0.4) is 0 Å². The van der Waals surface area contributed by atoms with Crippen molar-refractivity contribution in [1.82, 2.24) is 15.3 Å². The monoisotopic (exact) mass is 493 g/mol. The van der Waals surface area contributed by atoms with Gasteiger partial charge in [0.1, 0.15) is 30.3 Å². The molecule has 0 amide bonds. The second-order valence-electron chi connectivity index (χ2n) is 7.84. The molecule has 2 heterocycles. The minimum atomic E-state index is -1.02. The van der Waals surface area contributed by atoms with Gasteiger partial charge >= 0.3 is 0 Å². The van der Waals surface area contributed by atoms with Crippen LogP contribution in [0, 0.1) is 0 Å². The van der Waals surface area contributed by atoms with E-state index in [4.69, 9.17) is 26.7 Å². The largest absolute Gasteiger partial charge is 0.491 e. The van der Waals surface area contributed by atoms with Gasteiger partial charge in [-0.2, -0.15) is 0 Å². The maximum absolute atomic E-state index is 9.66. The molecule has 14 heteroatoms. The van der Waals surface area contributed by atoms with Gasteiger partial charge in [-0.1, -0.05) is 34.5 Å². The first-order valence-electron chi connectivity index (χ1n) is 11.0. The molecule has 2 aromatic rings. The average molecular weight is 494 g/mol. The highest BCUT2D eigenvalue weighted by Crippen LogP contribution is 2.29. The smallest absolute Gasteiger partial charge is 0.122 e. The second kappa shape index (κ2) is 13.5. The number of nitrogens with zero attached hydrogens (tertiary/aromatic N) is 9. The number of ether oxygens (including phenoxy) is 1. The molecule has 0 fully saturated rings. The van der Waals surface area contributed by atoms with Crippen molar-refractivity contribution in [2.45, 2.75) is 24.6 Å². The van der Waals surface area contributed by atoms with E-state index in [0.29, 0.717) is 17.3 Å². The molecule has 1 aliphatic rings. The highest BCUT2D eigenvalue weighted by molar-refractivity contribution is 5.60. The average Bonchev–Trinajstić information content (AvgIpc) is 2.93. The van der Waals surface area contributed by atoms with Crippen LogP contribution in [0.1, 0.15) is 28.8 Å². The number of para-hydroxylation sites is 1. The molecule has 3 atom stereocenters. The SMILES string of the molecule is [N-]=[N+]=NCc1ccc(C2C=C(N(N)CC(CN=[N+]=[N-])c3ccccc3OCC(O)CO)NC=N2)cn1. The van der Waals surface area contributed by atoms with Gasteiger partial charge in [-0.15, -0.1) is 0 Å². The van der Waals surface area contributed by atoms with E-state index < -0.39 is 12.7 Å². The van der Waals surface area contributed by atoms with Crippen molar-refractivity contribution in [3.8, 4) is 5.75 Å². The first-order chi connectivity index (χ1) is 17.5. The Hall–Kier alpha value is -4.32. The summed E-state index contributed by atoms with van der Waals surface area (Å²) >= 11 is 0. The van der Waals surface area contributed by atoms with Gasteiger partial charge in [0, 0.05) is 40.7 Å². The Morgan fingerprint density at radius 1 is 1.19 bits per heavy atom. The fourth-order valence-electron chi connectivity index (χ4n) is 3.51. The number of hydrogen-bond acceptors (Lipinski definition) is 10. The van der Waals surface area contributed by atoms with E-state index in [1.165, 1.54) is 5.01 Å². The fourth-order valence-corrected chi connectivity index (χ4v) is 3.51. The highest BCUT2D eigenvalue weighted by Gasteiger charge is 2.22. The molecule has 0 radical (unpaired) electrons. The molecule has 0 bridgehead atoms. The molecule has 0 spiro atoms. The van der Waals surface area contributed by atoms with Crippen LogP contribution in [0.4, 0.5) is 0 Å². The third-order valence-corrected chi connectivity index (χ3v) is 5.34. The maximum Gasteiger partial charge on any atom is 0.122 e. The standard InChI is InChI=1S/C22H27N11O3/c23-31-29-9-16(19-3-1-2-4-21(19)36-13-18(35)12-34)11-33(25)22-7-20(27-14-28-22)15-5-6-17(26-8-15)10-30-32-24/h1-8,14,16,18,20,34-35H,9-13,25H2,(H,27,28). The van der Waals surface area contributed by atoms with Crippen LogP contribution in [0.2, 0.25) is 0 Å². The molecule has 188 valence electrons. The summed E-state index contributed by atoms with van der Waals surface area (Å²) in [7, 11) is 0. The Kier molecular flexibility index (Phi) is 9.89. The van der Waals surface area contributed by atoms with Crippen LogP contribution in [0.5, 0.6) is 5.75 Å². The lowest BCUT2D eigenvalue weighted by Crippen LogP contribution is -2.41. The first kappa shape index (κ1) is 26.3. The van der Waals surface area contributed by atoms with E-state index in [1.807, 2.05) is 24.3 Å². The Morgan fingerprint density at radius 3 is 2.72 bits per heavy atom. The van der Waals surface area contributed by atoms with Crippen molar-refractivity contribution in [2.24, 2.45) is 21.1 Å². The van der Waals surface area contributed by atoms with Crippen molar-refractivity contribution in [3.05, 3.63) is 92.2 Å². The van der Waals surface area contributed by atoms with E-state index in [-0.39, 0.29) is 38.2 Å². The summed E-state index contributed by atoms with van der Waals surface area (Å²) in [6.07, 6.45) is 4.04.